The lowest BCUT2D eigenvalue weighted by molar-refractivity contribution is -0.120. The minimum absolute atomic E-state index is 0.0418. The van der Waals surface area contributed by atoms with Crippen molar-refractivity contribution in [2.45, 2.75) is 56.2 Å². The number of halogens is 2. The number of alkyl halides is 1. The standard InChI is InChI=1S/C24H26F2N6OS/c25-15-11-19(28-12-15)20(33)6-4-16-13-29-23(34-16)18-5-7-21(32-31-18)30-14-24(8-2-9-24)22-17(26)3-1-10-27-22/h1,3,5,7,10,13,15,19,28H,2,4,6,8-9,11-12,14H2,(H,30,32)/t15-,19-/m1/s1. The van der Waals surface area contributed by atoms with E-state index in [0.717, 1.165) is 29.1 Å². The number of carbonyl (C=O) groups excluding carboxylic acids is 1. The van der Waals surface area contributed by atoms with Crippen molar-refractivity contribution in [2.75, 3.05) is 18.4 Å². The van der Waals surface area contributed by atoms with Gasteiger partial charge in [0.25, 0.3) is 0 Å². The smallest absolute Gasteiger partial charge is 0.150 e. The van der Waals surface area contributed by atoms with Crippen LogP contribution in [0.3, 0.4) is 0 Å². The first-order valence-corrected chi connectivity index (χ1v) is 12.4. The number of nitrogens with one attached hydrogen (secondary N) is 2. The fraction of sp³-hybridized carbons (Fsp3) is 0.458. The summed E-state index contributed by atoms with van der Waals surface area (Å²) in [7, 11) is 0. The molecule has 0 aromatic carbocycles. The molecule has 0 amide bonds. The molecule has 2 N–H and O–H groups in total. The minimum atomic E-state index is -0.935. The molecule has 178 valence electrons. The molecule has 2 atom stereocenters. The minimum Gasteiger partial charge on any atom is -0.368 e. The van der Waals surface area contributed by atoms with Gasteiger partial charge in [-0.15, -0.1) is 21.5 Å². The normalized spacial score (nSPS) is 21.2. The maximum atomic E-state index is 14.3. The van der Waals surface area contributed by atoms with E-state index in [4.69, 9.17) is 0 Å². The van der Waals surface area contributed by atoms with Gasteiger partial charge in [0.15, 0.2) is 0 Å². The second kappa shape index (κ2) is 9.79. The summed E-state index contributed by atoms with van der Waals surface area (Å²) in [5, 5.41) is 15.5. The molecule has 1 aliphatic heterocycles. The van der Waals surface area contributed by atoms with Crippen LogP contribution in [0, 0.1) is 5.82 Å². The van der Waals surface area contributed by atoms with Gasteiger partial charge in [0.05, 0.1) is 11.7 Å². The fourth-order valence-electron chi connectivity index (χ4n) is 4.58. The van der Waals surface area contributed by atoms with Crippen LogP contribution in [0.4, 0.5) is 14.6 Å². The molecule has 4 heterocycles. The Morgan fingerprint density at radius 3 is 2.79 bits per heavy atom. The highest BCUT2D eigenvalue weighted by atomic mass is 32.1. The number of hydrogen-bond acceptors (Lipinski definition) is 8. The summed E-state index contributed by atoms with van der Waals surface area (Å²) >= 11 is 1.48. The zero-order chi connectivity index (χ0) is 23.5. The highest BCUT2D eigenvalue weighted by Gasteiger charge is 2.41. The fourth-order valence-corrected chi connectivity index (χ4v) is 5.45. The molecule has 2 fully saturated rings. The Kier molecular flexibility index (Phi) is 6.60. The first kappa shape index (κ1) is 22.9. The third kappa shape index (κ3) is 4.83. The maximum absolute atomic E-state index is 14.3. The van der Waals surface area contributed by atoms with Gasteiger partial charge in [-0.05, 0) is 43.5 Å². The van der Waals surface area contributed by atoms with Gasteiger partial charge in [-0.2, -0.15) is 0 Å². The molecule has 1 saturated carbocycles. The van der Waals surface area contributed by atoms with Crippen LogP contribution in [0.2, 0.25) is 0 Å². The van der Waals surface area contributed by atoms with Crippen LogP contribution in [0.1, 0.15) is 42.7 Å². The number of aryl methyl sites for hydroxylation is 1. The number of Topliss-reactive ketones (excluding diaryl/α,β-unsaturated/α-hetero) is 1. The third-order valence-electron chi connectivity index (χ3n) is 6.70. The average Bonchev–Trinajstić information content (AvgIpc) is 3.47. The molecular formula is C24H26F2N6OS. The zero-order valence-electron chi connectivity index (χ0n) is 18.6. The molecule has 0 bridgehead atoms. The Morgan fingerprint density at radius 1 is 1.24 bits per heavy atom. The van der Waals surface area contributed by atoms with Gasteiger partial charge < -0.3 is 10.6 Å². The molecule has 3 aromatic heterocycles. The number of anilines is 1. The van der Waals surface area contributed by atoms with E-state index >= 15 is 0 Å². The van der Waals surface area contributed by atoms with E-state index < -0.39 is 6.17 Å². The average molecular weight is 485 g/mol. The highest BCUT2D eigenvalue weighted by molar-refractivity contribution is 7.15. The van der Waals surface area contributed by atoms with Crippen molar-refractivity contribution >= 4 is 22.9 Å². The van der Waals surface area contributed by atoms with E-state index in [1.807, 2.05) is 12.1 Å². The number of ketones is 1. The number of pyridine rings is 1. The molecule has 1 aliphatic carbocycles. The number of aromatic nitrogens is 4. The van der Waals surface area contributed by atoms with E-state index in [2.05, 4.69) is 30.8 Å². The van der Waals surface area contributed by atoms with Crippen molar-refractivity contribution < 1.29 is 13.6 Å². The molecule has 0 unspecified atom stereocenters. The molecule has 3 aromatic rings. The molecule has 2 aliphatic rings. The summed E-state index contributed by atoms with van der Waals surface area (Å²) in [6.07, 6.45) is 6.47. The molecule has 0 radical (unpaired) electrons. The number of nitrogens with zero attached hydrogens (tertiary/aromatic N) is 4. The van der Waals surface area contributed by atoms with E-state index in [-0.39, 0.29) is 36.0 Å². The van der Waals surface area contributed by atoms with Gasteiger partial charge in [0.2, 0.25) is 0 Å². The Morgan fingerprint density at radius 2 is 2.12 bits per heavy atom. The Hall–Kier alpha value is -2.85. The Labute approximate surface area is 200 Å². The van der Waals surface area contributed by atoms with E-state index in [1.54, 1.807) is 18.5 Å². The van der Waals surface area contributed by atoms with Crippen LogP contribution in [0.25, 0.3) is 10.7 Å². The third-order valence-corrected chi connectivity index (χ3v) is 7.78. The number of thiazole rings is 1. The summed E-state index contributed by atoms with van der Waals surface area (Å²) in [5.41, 5.74) is 0.854. The quantitative estimate of drug-likeness (QED) is 0.476. The molecule has 5 rings (SSSR count). The monoisotopic (exact) mass is 484 g/mol. The van der Waals surface area contributed by atoms with Crippen molar-refractivity contribution in [3.05, 3.63) is 53.0 Å². The Balaban J connectivity index is 1.17. The van der Waals surface area contributed by atoms with Crippen molar-refractivity contribution in [3.8, 4) is 10.7 Å². The van der Waals surface area contributed by atoms with Gasteiger partial charge in [-0.1, -0.05) is 6.42 Å². The number of carbonyl (C=O) groups is 1. The zero-order valence-corrected chi connectivity index (χ0v) is 19.5. The van der Waals surface area contributed by atoms with Crippen LogP contribution in [-0.2, 0) is 16.6 Å². The lowest BCUT2D eigenvalue weighted by Crippen LogP contribution is -2.42. The predicted molar refractivity (Wildman–Crippen MR) is 126 cm³/mol. The van der Waals surface area contributed by atoms with Gasteiger partial charge in [0, 0.05) is 48.6 Å². The van der Waals surface area contributed by atoms with Gasteiger partial charge in [0.1, 0.15) is 34.3 Å². The van der Waals surface area contributed by atoms with Gasteiger partial charge in [-0.3, -0.25) is 9.78 Å². The molecule has 34 heavy (non-hydrogen) atoms. The van der Waals surface area contributed by atoms with Crippen molar-refractivity contribution in [3.63, 3.8) is 0 Å². The van der Waals surface area contributed by atoms with Crippen molar-refractivity contribution in [2.24, 2.45) is 0 Å². The lowest BCUT2D eigenvalue weighted by atomic mass is 9.66. The molecule has 7 nitrogen and oxygen atoms in total. The number of hydrogen-bond donors (Lipinski definition) is 2. The summed E-state index contributed by atoms with van der Waals surface area (Å²) in [6.45, 7) is 0.801. The van der Waals surface area contributed by atoms with Crippen LogP contribution >= 0.6 is 11.3 Å². The van der Waals surface area contributed by atoms with Gasteiger partial charge >= 0.3 is 0 Å². The van der Waals surface area contributed by atoms with Crippen molar-refractivity contribution in [1.29, 1.82) is 0 Å². The molecule has 1 saturated heterocycles. The lowest BCUT2D eigenvalue weighted by Gasteiger charge is -2.41. The van der Waals surface area contributed by atoms with Crippen LogP contribution in [-0.4, -0.2) is 51.3 Å². The summed E-state index contributed by atoms with van der Waals surface area (Å²) in [6, 6.07) is 6.38. The summed E-state index contributed by atoms with van der Waals surface area (Å²) in [4.78, 5) is 21.9. The first-order chi connectivity index (χ1) is 16.5. The van der Waals surface area contributed by atoms with Crippen LogP contribution in [0.15, 0.2) is 36.7 Å². The van der Waals surface area contributed by atoms with Crippen LogP contribution < -0.4 is 10.6 Å². The molecule has 10 heteroatoms. The maximum Gasteiger partial charge on any atom is 0.150 e. The molecular weight excluding hydrogens is 458 g/mol. The second-order valence-corrected chi connectivity index (χ2v) is 10.1. The molecule has 0 spiro atoms. The predicted octanol–water partition coefficient (Wildman–Crippen LogP) is 3.87. The highest BCUT2D eigenvalue weighted by Crippen LogP contribution is 2.43. The van der Waals surface area contributed by atoms with E-state index in [1.165, 1.54) is 17.4 Å². The number of rotatable bonds is 9. The van der Waals surface area contributed by atoms with Crippen LogP contribution in [0.5, 0.6) is 0 Å². The first-order valence-electron chi connectivity index (χ1n) is 11.6. The SMILES string of the molecule is O=C(CCc1cnc(-c2ccc(NCC3(c4ncccc4F)CCC3)nn2)s1)[C@H]1C[C@@H](F)CN1. The largest absolute Gasteiger partial charge is 0.368 e. The second-order valence-electron chi connectivity index (χ2n) is 9.02. The summed E-state index contributed by atoms with van der Waals surface area (Å²) in [5.74, 6) is 0.391. The summed E-state index contributed by atoms with van der Waals surface area (Å²) < 4.78 is 27.6. The van der Waals surface area contributed by atoms with Gasteiger partial charge in [-0.25, -0.2) is 13.8 Å². The topological polar surface area (TPSA) is 92.7 Å². The van der Waals surface area contributed by atoms with Crippen molar-refractivity contribution in [1.82, 2.24) is 25.5 Å². The van der Waals surface area contributed by atoms with E-state index in [0.29, 0.717) is 36.6 Å². The van der Waals surface area contributed by atoms with E-state index in [9.17, 15) is 13.6 Å². The Bertz CT molecular complexity index is 1150.